The van der Waals surface area contributed by atoms with Gasteiger partial charge in [0.2, 0.25) is 0 Å². The molecule has 0 saturated carbocycles. The summed E-state index contributed by atoms with van der Waals surface area (Å²) < 4.78 is 1.94. The van der Waals surface area contributed by atoms with Crippen LogP contribution in [0.15, 0.2) is 29.3 Å². The maximum Gasteiger partial charge on any atom is 0.193 e. The van der Waals surface area contributed by atoms with Crippen LogP contribution in [0.2, 0.25) is 5.02 Å². The molecule has 0 aliphatic heterocycles. The summed E-state index contributed by atoms with van der Waals surface area (Å²) in [5, 5.41) is 8.59. The standard InChI is InChI=1S/C19H28ClN5/c1-6-21-19(24(4)13-16-8-7-9-17(20)12-16)22-11-10-18-14(2)23-25(5)15(18)3/h7-9,12H,6,10-11,13H2,1-5H3,(H,21,22). The van der Waals surface area contributed by atoms with Crippen LogP contribution >= 0.6 is 11.6 Å². The number of nitrogens with zero attached hydrogens (tertiary/aromatic N) is 4. The van der Waals surface area contributed by atoms with E-state index >= 15 is 0 Å². The normalized spacial score (nSPS) is 11.7. The largest absolute Gasteiger partial charge is 0.357 e. The Morgan fingerprint density at radius 1 is 1.36 bits per heavy atom. The molecule has 0 fully saturated rings. The molecule has 0 amide bonds. The fraction of sp³-hybridized carbons (Fsp3) is 0.474. The van der Waals surface area contributed by atoms with Crippen LogP contribution in [-0.2, 0) is 20.0 Å². The number of guanidine groups is 1. The number of nitrogens with one attached hydrogen (secondary N) is 1. The molecule has 0 aliphatic carbocycles. The van der Waals surface area contributed by atoms with Crippen molar-refractivity contribution in [3.63, 3.8) is 0 Å². The van der Waals surface area contributed by atoms with Crippen LogP contribution in [0.1, 0.15) is 29.4 Å². The molecule has 0 aliphatic rings. The lowest BCUT2D eigenvalue weighted by atomic mass is 10.1. The second-order valence-electron chi connectivity index (χ2n) is 6.24. The molecular weight excluding hydrogens is 334 g/mol. The summed E-state index contributed by atoms with van der Waals surface area (Å²) in [7, 11) is 4.03. The van der Waals surface area contributed by atoms with Crippen LogP contribution in [0.4, 0.5) is 0 Å². The molecule has 1 aromatic carbocycles. The Morgan fingerprint density at radius 2 is 2.12 bits per heavy atom. The predicted octanol–water partition coefficient (Wildman–Crippen LogP) is 3.33. The second kappa shape index (κ2) is 8.90. The number of aryl methyl sites for hydroxylation is 2. The third-order valence-electron chi connectivity index (χ3n) is 4.29. The van der Waals surface area contributed by atoms with Gasteiger partial charge < -0.3 is 10.2 Å². The Labute approximate surface area is 155 Å². The van der Waals surface area contributed by atoms with E-state index in [1.165, 1.54) is 16.8 Å². The Hall–Kier alpha value is -2.01. The van der Waals surface area contributed by atoms with Crippen LogP contribution in [0.5, 0.6) is 0 Å². The lowest BCUT2D eigenvalue weighted by Gasteiger charge is -2.22. The number of hydrogen-bond donors (Lipinski definition) is 1. The van der Waals surface area contributed by atoms with E-state index in [2.05, 4.69) is 42.2 Å². The van der Waals surface area contributed by atoms with Gasteiger partial charge in [0.05, 0.1) is 5.69 Å². The molecule has 2 aromatic rings. The van der Waals surface area contributed by atoms with Crippen molar-refractivity contribution in [3.8, 4) is 0 Å². The molecule has 1 N–H and O–H groups in total. The molecule has 0 spiro atoms. The van der Waals surface area contributed by atoms with Gasteiger partial charge in [0.25, 0.3) is 0 Å². The summed E-state index contributed by atoms with van der Waals surface area (Å²) in [6, 6.07) is 7.94. The lowest BCUT2D eigenvalue weighted by molar-refractivity contribution is 0.477. The quantitative estimate of drug-likeness (QED) is 0.634. The van der Waals surface area contributed by atoms with E-state index in [0.29, 0.717) is 0 Å². The highest BCUT2D eigenvalue weighted by Gasteiger charge is 2.10. The maximum atomic E-state index is 6.08. The molecule has 2 rings (SSSR count). The van der Waals surface area contributed by atoms with Crippen molar-refractivity contribution in [1.82, 2.24) is 20.0 Å². The summed E-state index contributed by atoms with van der Waals surface area (Å²) in [6.45, 7) is 8.58. The van der Waals surface area contributed by atoms with Gasteiger partial charge in [-0.15, -0.1) is 0 Å². The summed E-state index contributed by atoms with van der Waals surface area (Å²) in [5.74, 6) is 0.904. The first-order valence-electron chi connectivity index (χ1n) is 8.65. The number of aromatic nitrogens is 2. The minimum Gasteiger partial charge on any atom is -0.357 e. The van der Waals surface area contributed by atoms with Crippen molar-refractivity contribution in [2.75, 3.05) is 20.1 Å². The van der Waals surface area contributed by atoms with Crippen LogP contribution in [0, 0.1) is 13.8 Å². The number of halogens is 1. The van der Waals surface area contributed by atoms with E-state index in [1.807, 2.05) is 37.0 Å². The average Bonchev–Trinajstić information content (AvgIpc) is 2.80. The van der Waals surface area contributed by atoms with E-state index in [9.17, 15) is 0 Å². The molecule has 136 valence electrons. The summed E-state index contributed by atoms with van der Waals surface area (Å²) >= 11 is 6.08. The minimum absolute atomic E-state index is 0.732. The van der Waals surface area contributed by atoms with Crippen molar-refractivity contribution < 1.29 is 0 Å². The first kappa shape index (κ1) is 19.3. The molecule has 6 heteroatoms. The Kier molecular flexibility index (Phi) is 6.88. The van der Waals surface area contributed by atoms with E-state index in [4.69, 9.17) is 16.6 Å². The first-order valence-corrected chi connectivity index (χ1v) is 9.03. The summed E-state index contributed by atoms with van der Waals surface area (Å²) in [6.07, 6.45) is 0.894. The van der Waals surface area contributed by atoms with Gasteiger partial charge in [-0.3, -0.25) is 9.67 Å². The van der Waals surface area contributed by atoms with Crippen LogP contribution in [0.3, 0.4) is 0 Å². The third kappa shape index (κ3) is 5.23. The number of hydrogen-bond acceptors (Lipinski definition) is 2. The highest BCUT2D eigenvalue weighted by atomic mass is 35.5. The van der Waals surface area contributed by atoms with Gasteiger partial charge in [-0.1, -0.05) is 23.7 Å². The smallest absolute Gasteiger partial charge is 0.193 e. The van der Waals surface area contributed by atoms with Crippen molar-refractivity contribution in [3.05, 3.63) is 51.8 Å². The van der Waals surface area contributed by atoms with Crippen LogP contribution in [-0.4, -0.2) is 40.8 Å². The first-order chi connectivity index (χ1) is 11.9. The van der Waals surface area contributed by atoms with Crippen molar-refractivity contribution in [1.29, 1.82) is 0 Å². The number of rotatable bonds is 6. The molecule has 0 unspecified atom stereocenters. The van der Waals surface area contributed by atoms with E-state index < -0.39 is 0 Å². The SMILES string of the molecule is CCNC(=NCCc1c(C)nn(C)c1C)N(C)Cc1cccc(Cl)c1. The van der Waals surface area contributed by atoms with Gasteiger partial charge in [-0.05, 0) is 50.5 Å². The van der Waals surface area contributed by atoms with Gasteiger partial charge in [-0.2, -0.15) is 5.10 Å². The highest BCUT2D eigenvalue weighted by molar-refractivity contribution is 6.30. The van der Waals surface area contributed by atoms with E-state index in [1.54, 1.807) is 0 Å². The molecule has 0 bridgehead atoms. The fourth-order valence-corrected chi connectivity index (χ4v) is 3.12. The molecule has 25 heavy (non-hydrogen) atoms. The van der Waals surface area contributed by atoms with Gasteiger partial charge in [-0.25, -0.2) is 0 Å². The Morgan fingerprint density at radius 3 is 2.72 bits per heavy atom. The topological polar surface area (TPSA) is 45.5 Å². The van der Waals surface area contributed by atoms with E-state index in [-0.39, 0.29) is 0 Å². The Bertz CT molecular complexity index is 735. The van der Waals surface area contributed by atoms with Crippen molar-refractivity contribution in [2.24, 2.45) is 12.0 Å². The molecule has 1 heterocycles. The average molecular weight is 362 g/mol. The van der Waals surface area contributed by atoms with Crippen LogP contribution < -0.4 is 5.32 Å². The number of benzene rings is 1. The maximum absolute atomic E-state index is 6.08. The molecule has 0 atom stereocenters. The van der Waals surface area contributed by atoms with Gasteiger partial charge in [0.1, 0.15) is 0 Å². The lowest BCUT2D eigenvalue weighted by Crippen LogP contribution is -2.38. The van der Waals surface area contributed by atoms with Crippen molar-refractivity contribution in [2.45, 2.75) is 33.7 Å². The van der Waals surface area contributed by atoms with Gasteiger partial charge >= 0.3 is 0 Å². The summed E-state index contributed by atoms with van der Waals surface area (Å²) in [5.41, 5.74) is 4.76. The molecule has 0 radical (unpaired) electrons. The molecule has 1 aromatic heterocycles. The zero-order valence-corrected chi connectivity index (χ0v) is 16.6. The Balaban J connectivity index is 2.04. The minimum atomic E-state index is 0.732. The highest BCUT2D eigenvalue weighted by Crippen LogP contribution is 2.14. The predicted molar refractivity (Wildman–Crippen MR) is 105 cm³/mol. The van der Waals surface area contributed by atoms with Gasteiger partial charge in [0.15, 0.2) is 5.96 Å². The second-order valence-corrected chi connectivity index (χ2v) is 6.68. The summed E-state index contributed by atoms with van der Waals surface area (Å²) in [4.78, 5) is 6.90. The molecular formula is C19H28ClN5. The van der Waals surface area contributed by atoms with E-state index in [0.717, 1.165) is 42.7 Å². The number of aliphatic imine (C=N–C) groups is 1. The third-order valence-corrected chi connectivity index (χ3v) is 4.52. The van der Waals surface area contributed by atoms with Gasteiger partial charge in [0, 0.05) is 44.4 Å². The van der Waals surface area contributed by atoms with Crippen molar-refractivity contribution >= 4 is 17.6 Å². The zero-order chi connectivity index (χ0) is 18.4. The monoisotopic (exact) mass is 361 g/mol. The molecule has 0 saturated heterocycles. The fourth-order valence-electron chi connectivity index (χ4n) is 2.91. The van der Waals surface area contributed by atoms with Crippen LogP contribution in [0.25, 0.3) is 0 Å². The molecule has 5 nitrogen and oxygen atoms in total. The zero-order valence-electron chi connectivity index (χ0n) is 15.8.